The fourth-order valence-electron chi connectivity index (χ4n) is 1.21. The Hall–Kier alpha value is 0.160. The minimum absolute atomic E-state index is 0.438. The van der Waals surface area contributed by atoms with Crippen LogP contribution in [0.1, 0.15) is 5.56 Å². The summed E-state index contributed by atoms with van der Waals surface area (Å²) in [6, 6.07) is 4.04. The summed E-state index contributed by atoms with van der Waals surface area (Å²) in [5.74, 6) is 0.779. The van der Waals surface area contributed by atoms with E-state index < -0.39 is 0 Å². The zero-order valence-corrected chi connectivity index (χ0v) is 13.4. The minimum Gasteiger partial charge on any atom is -0.486 e. The van der Waals surface area contributed by atoms with Crippen molar-refractivity contribution in [1.82, 2.24) is 0 Å². The van der Waals surface area contributed by atoms with Crippen LogP contribution in [0.25, 0.3) is 0 Å². The third-order valence-electron chi connectivity index (χ3n) is 1.86. The van der Waals surface area contributed by atoms with E-state index in [-0.39, 0.29) is 0 Å². The van der Waals surface area contributed by atoms with Gasteiger partial charge in [0.05, 0.1) is 8.95 Å². The number of rotatable bonds is 5. The molecule has 0 saturated carbocycles. The quantitative estimate of drug-likeness (QED) is 0.791. The third-order valence-corrected chi connectivity index (χ3v) is 3.27. The van der Waals surface area contributed by atoms with Crippen LogP contribution in [0.3, 0.4) is 0 Å². The molecule has 0 atom stereocenters. The van der Waals surface area contributed by atoms with Crippen molar-refractivity contribution in [2.45, 2.75) is 6.42 Å². The molecule has 5 heteroatoms. The Balaban J connectivity index is 2.89. The van der Waals surface area contributed by atoms with Crippen LogP contribution in [0.5, 0.6) is 5.75 Å². The summed E-state index contributed by atoms with van der Waals surface area (Å²) < 4.78 is 8.23. The first-order valence-electron chi connectivity index (χ1n) is 4.68. The van der Waals surface area contributed by atoms with Crippen molar-refractivity contribution in [3.63, 3.8) is 0 Å². The lowest BCUT2D eigenvalue weighted by atomic mass is 10.1. The predicted octanol–water partition coefficient (Wildman–Crippen LogP) is 4.00. The van der Waals surface area contributed by atoms with Crippen molar-refractivity contribution >= 4 is 47.8 Å². The van der Waals surface area contributed by atoms with Crippen molar-refractivity contribution in [2.24, 2.45) is 5.73 Å². The van der Waals surface area contributed by atoms with Crippen LogP contribution in [-0.2, 0) is 6.42 Å². The Kier molecular flexibility index (Phi) is 6.03. The maximum absolute atomic E-state index is 5.59. The van der Waals surface area contributed by atoms with Crippen molar-refractivity contribution in [2.75, 3.05) is 13.2 Å². The van der Waals surface area contributed by atoms with E-state index in [4.69, 9.17) is 10.5 Å². The highest BCUT2D eigenvalue weighted by Crippen LogP contribution is 2.35. The molecule has 0 aliphatic heterocycles. The second kappa shape index (κ2) is 6.79. The molecule has 0 aliphatic carbocycles. The molecule has 0 unspecified atom stereocenters. The first-order chi connectivity index (χ1) is 7.54. The van der Waals surface area contributed by atoms with Gasteiger partial charge in [0.15, 0.2) is 0 Å². The van der Waals surface area contributed by atoms with Gasteiger partial charge in [0.2, 0.25) is 0 Å². The standard InChI is InChI=1S/C11H12Br3NO/c1-7(12)6-16-11-9(13)4-8(2-3-15)5-10(11)14/h4-5H,1-3,6,15H2. The number of halogens is 3. The molecule has 0 aromatic heterocycles. The molecular formula is C11H12Br3NO. The maximum atomic E-state index is 5.59. The number of ether oxygens (including phenoxy) is 1. The zero-order valence-electron chi connectivity index (χ0n) is 8.60. The molecule has 0 aliphatic rings. The molecule has 0 saturated heterocycles. The van der Waals surface area contributed by atoms with E-state index in [1.807, 2.05) is 12.1 Å². The van der Waals surface area contributed by atoms with Gasteiger partial charge in [-0.05, 0) is 62.5 Å². The fourth-order valence-corrected chi connectivity index (χ4v) is 2.84. The lowest BCUT2D eigenvalue weighted by Gasteiger charge is -2.11. The largest absolute Gasteiger partial charge is 0.486 e. The van der Waals surface area contributed by atoms with Crippen LogP contribution >= 0.6 is 47.8 Å². The van der Waals surface area contributed by atoms with Crippen molar-refractivity contribution in [3.8, 4) is 5.75 Å². The van der Waals surface area contributed by atoms with Crippen LogP contribution in [0.4, 0.5) is 0 Å². The Bertz CT molecular complexity index is 370. The second-order valence-electron chi connectivity index (χ2n) is 3.23. The van der Waals surface area contributed by atoms with Crippen LogP contribution in [0.2, 0.25) is 0 Å². The van der Waals surface area contributed by atoms with Gasteiger partial charge in [-0.15, -0.1) is 0 Å². The number of hydrogen-bond donors (Lipinski definition) is 1. The SMILES string of the molecule is C=C(Br)COc1c(Br)cc(CCN)cc1Br. The van der Waals surface area contributed by atoms with Gasteiger partial charge in [-0.1, -0.05) is 22.5 Å². The van der Waals surface area contributed by atoms with Gasteiger partial charge < -0.3 is 10.5 Å². The molecule has 1 aromatic carbocycles. The Labute approximate surface area is 121 Å². The lowest BCUT2D eigenvalue weighted by Crippen LogP contribution is -2.03. The second-order valence-corrected chi connectivity index (χ2v) is 6.06. The Morgan fingerprint density at radius 1 is 1.31 bits per heavy atom. The van der Waals surface area contributed by atoms with E-state index >= 15 is 0 Å². The molecule has 2 N–H and O–H groups in total. The monoisotopic (exact) mass is 411 g/mol. The van der Waals surface area contributed by atoms with E-state index in [1.54, 1.807) is 0 Å². The Morgan fingerprint density at radius 2 is 1.88 bits per heavy atom. The van der Waals surface area contributed by atoms with E-state index in [1.165, 1.54) is 5.56 Å². The van der Waals surface area contributed by atoms with E-state index in [9.17, 15) is 0 Å². The first kappa shape index (κ1) is 14.2. The molecule has 0 bridgehead atoms. The molecule has 88 valence electrons. The molecule has 1 rings (SSSR count). The highest BCUT2D eigenvalue weighted by molar-refractivity contribution is 9.11. The fraction of sp³-hybridized carbons (Fsp3) is 0.273. The smallest absolute Gasteiger partial charge is 0.148 e. The molecule has 0 heterocycles. The van der Waals surface area contributed by atoms with Gasteiger partial charge in [0.1, 0.15) is 12.4 Å². The zero-order chi connectivity index (χ0) is 12.1. The minimum atomic E-state index is 0.438. The maximum Gasteiger partial charge on any atom is 0.148 e. The van der Waals surface area contributed by atoms with Gasteiger partial charge in [0, 0.05) is 4.48 Å². The first-order valence-corrected chi connectivity index (χ1v) is 7.06. The summed E-state index contributed by atoms with van der Waals surface area (Å²) in [6.07, 6.45) is 0.850. The van der Waals surface area contributed by atoms with E-state index in [0.29, 0.717) is 13.2 Å². The summed E-state index contributed by atoms with van der Waals surface area (Å²) in [5.41, 5.74) is 6.69. The molecule has 1 aromatic rings. The highest BCUT2D eigenvalue weighted by atomic mass is 79.9. The van der Waals surface area contributed by atoms with Crippen LogP contribution < -0.4 is 10.5 Å². The summed E-state index contributed by atoms with van der Waals surface area (Å²) in [5, 5.41) is 0. The average molecular weight is 414 g/mol. The average Bonchev–Trinajstić information content (AvgIpc) is 2.16. The lowest BCUT2D eigenvalue weighted by molar-refractivity contribution is 0.356. The van der Waals surface area contributed by atoms with Gasteiger partial charge in [-0.2, -0.15) is 0 Å². The van der Waals surface area contributed by atoms with Crippen LogP contribution in [0.15, 0.2) is 32.1 Å². The molecule has 0 amide bonds. The van der Waals surface area contributed by atoms with Gasteiger partial charge >= 0.3 is 0 Å². The summed E-state index contributed by atoms with van der Waals surface area (Å²) >= 11 is 10.2. The van der Waals surface area contributed by atoms with Gasteiger partial charge in [0.25, 0.3) is 0 Å². The Morgan fingerprint density at radius 3 is 2.31 bits per heavy atom. The highest BCUT2D eigenvalue weighted by Gasteiger charge is 2.08. The van der Waals surface area contributed by atoms with Gasteiger partial charge in [-0.25, -0.2) is 0 Å². The van der Waals surface area contributed by atoms with Crippen LogP contribution in [0, 0.1) is 0 Å². The van der Waals surface area contributed by atoms with Gasteiger partial charge in [-0.3, -0.25) is 0 Å². The predicted molar refractivity (Wildman–Crippen MR) is 78.2 cm³/mol. The number of nitrogens with two attached hydrogens (primary N) is 1. The molecule has 0 spiro atoms. The van der Waals surface area contributed by atoms with E-state index in [2.05, 4.69) is 54.4 Å². The number of hydrogen-bond acceptors (Lipinski definition) is 2. The molecule has 2 nitrogen and oxygen atoms in total. The summed E-state index contributed by atoms with van der Waals surface area (Å²) in [4.78, 5) is 0. The van der Waals surface area contributed by atoms with Crippen molar-refractivity contribution < 1.29 is 4.74 Å². The number of benzene rings is 1. The van der Waals surface area contributed by atoms with E-state index in [0.717, 1.165) is 25.6 Å². The molecule has 16 heavy (non-hydrogen) atoms. The van der Waals surface area contributed by atoms with Crippen LogP contribution in [-0.4, -0.2) is 13.2 Å². The molecule has 0 fully saturated rings. The topological polar surface area (TPSA) is 35.2 Å². The van der Waals surface area contributed by atoms with Crippen molar-refractivity contribution in [3.05, 3.63) is 37.7 Å². The summed E-state index contributed by atoms with van der Waals surface area (Å²) in [6.45, 7) is 4.80. The molecule has 0 radical (unpaired) electrons. The summed E-state index contributed by atoms with van der Waals surface area (Å²) in [7, 11) is 0. The van der Waals surface area contributed by atoms with Crippen molar-refractivity contribution in [1.29, 1.82) is 0 Å². The normalized spacial score (nSPS) is 10.2. The third kappa shape index (κ3) is 4.20. The molecular weight excluding hydrogens is 402 g/mol.